The second kappa shape index (κ2) is 6.04. The molecule has 2 N–H and O–H groups in total. The van der Waals surface area contributed by atoms with E-state index in [4.69, 9.17) is 0 Å². The Balaban J connectivity index is 2.02. The first kappa shape index (κ1) is 13.1. The molecule has 19 heavy (non-hydrogen) atoms. The van der Waals surface area contributed by atoms with Gasteiger partial charge in [0, 0.05) is 37.2 Å². The Morgan fingerprint density at radius 1 is 1.37 bits per heavy atom. The van der Waals surface area contributed by atoms with Gasteiger partial charge >= 0.3 is 0 Å². The van der Waals surface area contributed by atoms with Gasteiger partial charge in [-0.05, 0) is 31.2 Å². The molecular weight excluding hydrogens is 240 g/mol. The number of aromatic amines is 1. The van der Waals surface area contributed by atoms with Crippen LogP contribution in [-0.2, 0) is 6.54 Å². The molecule has 0 atom stereocenters. The van der Waals surface area contributed by atoms with Crippen LogP contribution in [0.2, 0.25) is 0 Å². The number of imidazole rings is 1. The third kappa shape index (κ3) is 3.34. The molecule has 1 aromatic heterocycles. The van der Waals surface area contributed by atoms with Crippen molar-refractivity contribution in [2.45, 2.75) is 13.5 Å². The fraction of sp³-hybridized carbons (Fsp3) is 0.286. The van der Waals surface area contributed by atoms with E-state index in [-0.39, 0.29) is 5.91 Å². The molecule has 0 unspecified atom stereocenters. The van der Waals surface area contributed by atoms with Gasteiger partial charge in [-0.3, -0.25) is 4.79 Å². The number of carbonyl (C=O) groups excluding carboxylic acids is 1. The second-order valence-electron chi connectivity index (χ2n) is 4.30. The number of nitrogens with one attached hydrogen (secondary N) is 2. The molecule has 100 valence electrons. The Labute approximate surface area is 112 Å². The van der Waals surface area contributed by atoms with E-state index in [0.717, 1.165) is 18.1 Å². The number of benzene rings is 1. The van der Waals surface area contributed by atoms with Gasteiger partial charge in [0.2, 0.25) is 0 Å². The lowest BCUT2D eigenvalue weighted by Crippen LogP contribution is -2.26. The van der Waals surface area contributed by atoms with Gasteiger partial charge in [0.15, 0.2) is 0 Å². The van der Waals surface area contributed by atoms with Crippen LogP contribution in [0.5, 0.6) is 0 Å². The molecule has 1 aromatic carbocycles. The molecule has 0 aliphatic carbocycles. The number of amides is 1. The topological polar surface area (TPSA) is 61.0 Å². The number of aromatic nitrogens is 2. The van der Waals surface area contributed by atoms with Crippen LogP contribution in [0.4, 0.5) is 5.69 Å². The summed E-state index contributed by atoms with van der Waals surface area (Å²) in [4.78, 5) is 20.9. The highest BCUT2D eigenvalue weighted by Crippen LogP contribution is 2.11. The van der Waals surface area contributed by atoms with Crippen molar-refractivity contribution in [2.24, 2.45) is 0 Å². The fourth-order valence-electron chi connectivity index (χ4n) is 1.84. The smallest absolute Gasteiger partial charge is 0.254 e. The highest BCUT2D eigenvalue weighted by molar-refractivity contribution is 5.94. The molecule has 0 radical (unpaired) electrons. The summed E-state index contributed by atoms with van der Waals surface area (Å²) < 4.78 is 0. The molecule has 5 heteroatoms. The van der Waals surface area contributed by atoms with Gasteiger partial charge in [-0.1, -0.05) is 0 Å². The van der Waals surface area contributed by atoms with E-state index >= 15 is 0 Å². The summed E-state index contributed by atoms with van der Waals surface area (Å²) in [6.07, 6.45) is 3.43. The number of anilines is 1. The number of H-pyrrole nitrogens is 1. The summed E-state index contributed by atoms with van der Waals surface area (Å²) in [6, 6.07) is 7.49. The lowest BCUT2D eigenvalue weighted by atomic mass is 10.2. The largest absolute Gasteiger partial charge is 0.385 e. The summed E-state index contributed by atoms with van der Waals surface area (Å²) >= 11 is 0. The monoisotopic (exact) mass is 258 g/mol. The lowest BCUT2D eigenvalue weighted by Gasteiger charge is -2.16. The fourth-order valence-corrected chi connectivity index (χ4v) is 1.84. The maximum Gasteiger partial charge on any atom is 0.254 e. The van der Waals surface area contributed by atoms with Crippen LogP contribution in [0.1, 0.15) is 23.1 Å². The van der Waals surface area contributed by atoms with Crippen LogP contribution < -0.4 is 5.32 Å². The quantitative estimate of drug-likeness (QED) is 0.863. The minimum absolute atomic E-state index is 0.0144. The number of hydrogen-bond acceptors (Lipinski definition) is 3. The van der Waals surface area contributed by atoms with Gasteiger partial charge < -0.3 is 15.2 Å². The standard InChI is InChI=1S/C14H18N4O/c1-3-15-12-6-4-11(5-7-12)14(19)18(2)10-13-16-8-9-17-13/h4-9,15H,3,10H2,1-2H3,(H,16,17). The van der Waals surface area contributed by atoms with Gasteiger partial charge in [-0.2, -0.15) is 0 Å². The predicted molar refractivity (Wildman–Crippen MR) is 75.0 cm³/mol. The molecule has 0 fully saturated rings. The van der Waals surface area contributed by atoms with Crippen LogP contribution >= 0.6 is 0 Å². The van der Waals surface area contributed by atoms with Crippen molar-refractivity contribution < 1.29 is 4.79 Å². The molecule has 0 saturated carbocycles. The third-order valence-corrected chi connectivity index (χ3v) is 2.80. The predicted octanol–water partition coefficient (Wildman–Crippen LogP) is 2.11. The molecular formula is C14H18N4O. The third-order valence-electron chi connectivity index (χ3n) is 2.80. The Bertz CT molecular complexity index is 519. The lowest BCUT2D eigenvalue weighted by molar-refractivity contribution is 0.0782. The Morgan fingerprint density at radius 3 is 2.68 bits per heavy atom. The van der Waals surface area contributed by atoms with Crippen LogP contribution in [-0.4, -0.2) is 34.4 Å². The van der Waals surface area contributed by atoms with Crippen molar-refractivity contribution in [3.05, 3.63) is 48.0 Å². The van der Waals surface area contributed by atoms with Crippen LogP contribution in [0.15, 0.2) is 36.7 Å². The van der Waals surface area contributed by atoms with E-state index < -0.39 is 0 Å². The molecule has 2 aromatic rings. The number of carbonyl (C=O) groups is 1. The summed E-state index contributed by atoms with van der Waals surface area (Å²) in [7, 11) is 1.77. The Hall–Kier alpha value is -2.30. The van der Waals surface area contributed by atoms with Crippen molar-refractivity contribution in [2.75, 3.05) is 18.9 Å². The van der Waals surface area contributed by atoms with Gasteiger partial charge in [0.25, 0.3) is 5.91 Å². The van der Waals surface area contributed by atoms with Crippen LogP contribution in [0.3, 0.4) is 0 Å². The zero-order valence-corrected chi connectivity index (χ0v) is 11.2. The molecule has 2 rings (SSSR count). The van der Waals surface area contributed by atoms with Crippen molar-refractivity contribution in [1.82, 2.24) is 14.9 Å². The summed E-state index contributed by atoms with van der Waals surface area (Å²) in [5.41, 5.74) is 1.70. The second-order valence-corrected chi connectivity index (χ2v) is 4.30. The molecule has 0 saturated heterocycles. The van der Waals surface area contributed by atoms with E-state index in [9.17, 15) is 4.79 Å². The number of rotatable bonds is 5. The first-order valence-electron chi connectivity index (χ1n) is 6.28. The summed E-state index contributed by atoms with van der Waals surface area (Å²) in [5.74, 6) is 0.763. The van der Waals surface area contributed by atoms with Gasteiger partial charge in [0.1, 0.15) is 5.82 Å². The molecule has 1 heterocycles. The molecule has 0 aliphatic heterocycles. The van der Waals surface area contributed by atoms with E-state index in [1.807, 2.05) is 31.2 Å². The number of hydrogen-bond donors (Lipinski definition) is 2. The van der Waals surface area contributed by atoms with Gasteiger partial charge in [0.05, 0.1) is 6.54 Å². The normalized spacial score (nSPS) is 10.2. The highest BCUT2D eigenvalue weighted by Gasteiger charge is 2.12. The molecule has 0 aliphatic rings. The maximum absolute atomic E-state index is 12.2. The zero-order valence-electron chi connectivity index (χ0n) is 11.2. The van der Waals surface area contributed by atoms with Crippen molar-refractivity contribution in [1.29, 1.82) is 0 Å². The summed E-state index contributed by atoms with van der Waals surface area (Å²) in [5, 5.41) is 3.20. The van der Waals surface area contributed by atoms with Gasteiger partial charge in [-0.15, -0.1) is 0 Å². The highest BCUT2D eigenvalue weighted by atomic mass is 16.2. The first-order chi connectivity index (χ1) is 9.20. The first-order valence-corrected chi connectivity index (χ1v) is 6.28. The van der Waals surface area contributed by atoms with E-state index in [1.165, 1.54) is 0 Å². The average Bonchev–Trinajstić information content (AvgIpc) is 2.92. The van der Waals surface area contributed by atoms with Gasteiger partial charge in [-0.25, -0.2) is 4.98 Å². The molecule has 1 amide bonds. The maximum atomic E-state index is 12.2. The molecule has 0 spiro atoms. The van der Waals surface area contributed by atoms with Crippen molar-refractivity contribution in [3.8, 4) is 0 Å². The Morgan fingerprint density at radius 2 is 2.11 bits per heavy atom. The van der Waals surface area contributed by atoms with E-state index in [1.54, 1.807) is 24.3 Å². The minimum Gasteiger partial charge on any atom is -0.385 e. The summed E-state index contributed by atoms with van der Waals surface area (Å²) in [6.45, 7) is 3.38. The van der Waals surface area contributed by atoms with Crippen molar-refractivity contribution >= 4 is 11.6 Å². The minimum atomic E-state index is -0.0144. The average molecular weight is 258 g/mol. The van der Waals surface area contributed by atoms with Crippen LogP contribution in [0.25, 0.3) is 0 Å². The Kier molecular flexibility index (Phi) is 4.18. The van der Waals surface area contributed by atoms with Crippen molar-refractivity contribution in [3.63, 3.8) is 0 Å². The SMILES string of the molecule is CCNc1ccc(C(=O)N(C)Cc2ncc[nH]2)cc1. The number of nitrogens with zero attached hydrogens (tertiary/aromatic N) is 2. The molecule has 5 nitrogen and oxygen atoms in total. The molecule has 0 bridgehead atoms. The van der Waals surface area contributed by atoms with E-state index in [2.05, 4.69) is 15.3 Å². The van der Waals surface area contributed by atoms with Crippen LogP contribution in [0, 0.1) is 0 Å². The van der Waals surface area contributed by atoms with E-state index in [0.29, 0.717) is 12.1 Å². The zero-order chi connectivity index (χ0) is 13.7.